The molecule has 0 aromatic carbocycles. The highest BCUT2D eigenvalue weighted by Crippen LogP contribution is 2.40. The zero-order valence-corrected chi connectivity index (χ0v) is 7.04. The first kappa shape index (κ1) is 8.31. The van der Waals surface area contributed by atoms with Crippen molar-refractivity contribution in [2.75, 3.05) is 6.61 Å². The Labute approximate surface area is 67.2 Å². The van der Waals surface area contributed by atoms with Crippen LogP contribution in [-0.4, -0.2) is 12.6 Å². The Bertz CT molecular complexity index is 172. The van der Waals surface area contributed by atoms with Gasteiger partial charge in [-0.25, -0.2) is 0 Å². The van der Waals surface area contributed by atoms with E-state index in [0.29, 0.717) is 12.5 Å². The van der Waals surface area contributed by atoms with Gasteiger partial charge in [0.1, 0.15) is 0 Å². The molecule has 62 valence electrons. The quantitative estimate of drug-likeness (QED) is 0.457. The van der Waals surface area contributed by atoms with E-state index in [4.69, 9.17) is 4.74 Å². The van der Waals surface area contributed by atoms with E-state index in [0.717, 1.165) is 6.42 Å². The predicted molar refractivity (Wildman–Crippen MR) is 43.0 cm³/mol. The van der Waals surface area contributed by atoms with Gasteiger partial charge in [-0.2, -0.15) is 0 Å². The summed E-state index contributed by atoms with van der Waals surface area (Å²) in [6, 6.07) is 0. The predicted octanol–water partition coefficient (Wildman–Crippen LogP) is 1.76. The van der Waals surface area contributed by atoms with E-state index in [-0.39, 0.29) is 11.9 Å². The fraction of sp³-hybridized carbons (Fsp3) is 0.667. The van der Waals surface area contributed by atoms with E-state index in [1.807, 2.05) is 19.9 Å². The molecule has 0 aliphatic heterocycles. The third-order valence-electron chi connectivity index (χ3n) is 1.87. The summed E-state index contributed by atoms with van der Waals surface area (Å²) in [6.45, 7) is 4.31. The van der Waals surface area contributed by atoms with Crippen LogP contribution >= 0.6 is 0 Å². The van der Waals surface area contributed by atoms with Crippen molar-refractivity contribution in [2.24, 2.45) is 11.8 Å². The van der Waals surface area contributed by atoms with Gasteiger partial charge in [0.05, 0.1) is 12.5 Å². The molecule has 1 aliphatic carbocycles. The molecule has 1 aliphatic rings. The number of rotatable bonds is 3. The minimum Gasteiger partial charge on any atom is -0.466 e. The second kappa shape index (κ2) is 3.56. The average Bonchev–Trinajstić information content (AvgIpc) is 2.69. The molecule has 2 nitrogen and oxygen atoms in total. The van der Waals surface area contributed by atoms with Crippen molar-refractivity contribution in [3.8, 4) is 0 Å². The fourth-order valence-corrected chi connectivity index (χ4v) is 1.19. The molecule has 0 N–H and O–H groups in total. The summed E-state index contributed by atoms with van der Waals surface area (Å²) in [5.41, 5.74) is 0. The molecule has 0 aromatic rings. The van der Waals surface area contributed by atoms with Crippen LogP contribution in [0.1, 0.15) is 20.3 Å². The Hall–Kier alpha value is -0.790. The van der Waals surface area contributed by atoms with Gasteiger partial charge in [0.2, 0.25) is 0 Å². The van der Waals surface area contributed by atoms with Crippen LogP contribution in [0, 0.1) is 11.8 Å². The normalized spacial score (nSPS) is 28.9. The lowest BCUT2D eigenvalue weighted by Crippen LogP contribution is -2.06. The lowest BCUT2D eigenvalue weighted by molar-refractivity contribution is -0.144. The minimum atomic E-state index is -0.0319. The van der Waals surface area contributed by atoms with E-state index in [1.54, 1.807) is 0 Å². The molecule has 0 bridgehead atoms. The van der Waals surface area contributed by atoms with Crippen molar-refractivity contribution >= 4 is 5.97 Å². The van der Waals surface area contributed by atoms with Crippen molar-refractivity contribution in [1.82, 2.24) is 0 Å². The molecule has 0 heterocycles. The maximum Gasteiger partial charge on any atom is 0.309 e. The van der Waals surface area contributed by atoms with Crippen LogP contribution in [0.3, 0.4) is 0 Å². The molecular weight excluding hydrogens is 140 g/mol. The third-order valence-corrected chi connectivity index (χ3v) is 1.87. The van der Waals surface area contributed by atoms with E-state index < -0.39 is 0 Å². The van der Waals surface area contributed by atoms with Gasteiger partial charge in [-0.3, -0.25) is 4.79 Å². The molecule has 0 aromatic heterocycles. The molecule has 0 amide bonds. The summed E-state index contributed by atoms with van der Waals surface area (Å²) < 4.78 is 4.87. The monoisotopic (exact) mass is 154 g/mol. The molecule has 1 rings (SSSR count). The summed E-state index contributed by atoms with van der Waals surface area (Å²) in [6.07, 6.45) is 5.04. The Balaban J connectivity index is 2.26. The average molecular weight is 154 g/mol. The summed E-state index contributed by atoms with van der Waals surface area (Å²) in [4.78, 5) is 11.0. The SMILES string of the molecule is C/C=C/C1CC1C(=O)OCC. The molecule has 0 radical (unpaired) electrons. The number of carbonyl (C=O) groups excluding carboxylic acids is 1. The van der Waals surface area contributed by atoms with Crippen LogP contribution < -0.4 is 0 Å². The highest BCUT2D eigenvalue weighted by atomic mass is 16.5. The molecule has 1 fully saturated rings. The van der Waals surface area contributed by atoms with Crippen molar-refractivity contribution in [3.63, 3.8) is 0 Å². The van der Waals surface area contributed by atoms with Gasteiger partial charge in [0.15, 0.2) is 0 Å². The summed E-state index contributed by atoms with van der Waals surface area (Å²) in [5, 5.41) is 0. The molecule has 1 saturated carbocycles. The molecule has 0 saturated heterocycles. The summed E-state index contributed by atoms with van der Waals surface area (Å²) in [5.74, 6) is 0.584. The van der Waals surface area contributed by atoms with E-state index >= 15 is 0 Å². The molecule has 0 spiro atoms. The first-order valence-electron chi connectivity index (χ1n) is 4.09. The third kappa shape index (κ3) is 2.07. The molecular formula is C9H14O2. The van der Waals surface area contributed by atoms with Gasteiger partial charge in [0, 0.05) is 0 Å². The first-order chi connectivity index (χ1) is 5.29. The van der Waals surface area contributed by atoms with Crippen molar-refractivity contribution in [1.29, 1.82) is 0 Å². The maximum atomic E-state index is 11.0. The Morgan fingerprint density at radius 2 is 2.45 bits per heavy atom. The number of hydrogen-bond acceptors (Lipinski definition) is 2. The molecule has 2 unspecified atom stereocenters. The Kier molecular flexibility index (Phi) is 2.69. The smallest absolute Gasteiger partial charge is 0.309 e. The number of ether oxygens (including phenoxy) is 1. The highest BCUT2D eigenvalue weighted by Gasteiger charge is 2.41. The number of hydrogen-bond donors (Lipinski definition) is 0. The maximum absolute atomic E-state index is 11.0. The highest BCUT2D eigenvalue weighted by molar-refractivity contribution is 5.76. The summed E-state index contributed by atoms with van der Waals surface area (Å²) >= 11 is 0. The van der Waals surface area contributed by atoms with Crippen molar-refractivity contribution in [3.05, 3.63) is 12.2 Å². The molecule has 2 heteroatoms. The van der Waals surface area contributed by atoms with Crippen LogP contribution in [0.5, 0.6) is 0 Å². The molecule has 2 atom stereocenters. The van der Waals surface area contributed by atoms with Crippen molar-refractivity contribution < 1.29 is 9.53 Å². The minimum absolute atomic E-state index is 0.0319. The summed E-state index contributed by atoms with van der Waals surface area (Å²) in [7, 11) is 0. The van der Waals surface area contributed by atoms with E-state index in [9.17, 15) is 4.79 Å². The number of allylic oxidation sites excluding steroid dienone is 2. The van der Waals surface area contributed by atoms with Crippen LogP contribution in [-0.2, 0) is 9.53 Å². The Morgan fingerprint density at radius 3 is 3.00 bits per heavy atom. The Morgan fingerprint density at radius 1 is 1.73 bits per heavy atom. The van der Waals surface area contributed by atoms with Crippen molar-refractivity contribution in [2.45, 2.75) is 20.3 Å². The number of carbonyl (C=O) groups is 1. The fourth-order valence-electron chi connectivity index (χ4n) is 1.19. The topological polar surface area (TPSA) is 26.3 Å². The zero-order chi connectivity index (χ0) is 8.27. The van der Waals surface area contributed by atoms with Crippen LogP contribution in [0.25, 0.3) is 0 Å². The first-order valence-corrected chi connectivity index (χ1v) is 4.09. The zero-order valence-electron chi connectivity index (χ0n) is 7.04. The van der Waals surface area contributed by atoms with Crippen LogP contribution in [0.4, 0.5) is 0 Å². The second-order valence-electron chi connectivity index (χ2n) is 2.78. The van der Waals surface area contributed by atoms with Gasteiger partial charge in [0.25, 0.3) is 0 Å². The van der Waals surface area contributed by atoms with Crippen LogP contribution in [0.2, 0.25) is 0 Å². The number of esters is 1. The molecule has 11 heavy (non-hydrogen) atoms. The lowest BCUT2D eigenvalue weighted by Gasteiger charge is -1.97. The largest absolute Gasteiger partial charge is 0.466 e. The van der Waals surface area contributed by atoms with Gasteiger partial charge >= 0.3 is 5.97 Å². The lowest BCUT2D eigenvalue weighted by atomic mass is 10.3. The van der Waals surface area contributed by atoms with Gasteiger partial charge < -0.3 is 4.74 Å². The van der Waals surface area contributed by atoms with Crippen LogP contribution in [0.15, 0.2) is 12.2 Å². The second-order valence-corrected chi connectivity index (χ2v) is 2.78. The standard InChI is InChI=1S/C9H14O2/c1-3-5-7-6-8(7)9(10)11-4-2/h3,5,7-8H,4,6H2,1-2H3/b5-3+. The van der Waals surface area contributed by atoms with Gasteiger partial charge in [-0.1, -0.05) is 12.2 Å². The van der Waals surface area contributed by atoms with Gasteiger partial charge in [-0.15, -0.1) is 0 Å². The van der Waals surface area contributed by atoms with E-state index in [2.05, 4.69) is 6.08 Å². The van der Waals surface area contributed by atoms with E-state index in [1.165, 1.54) is 0 Å². The van der Waals surface area contributed by atoms with Gasteiger partial charge in [-0.05, 0) is 26.2 Å².